The number of rotatable bonds is 4. The second-order valence-corrected chi connectivity index (χ2v) is 3.72. The van der Waals surface area contributed by atoms with Gasteiger partial charge in [0.05, 0.1) is 6.04 Å². The molecule has 1 aliphatic rings. The minimum atomic E-state index is -1.20. The third-order valence-electron chi connectivity index (χ3n) is 2.72. The van der Waals surface area contributed by atoms with Crippen molar-refractivity contribution in [1.29, 1.82) is 0 Å². The van der Waals surface area contributed by atoms with Gasteiger partial charge >= 0.3 is 0 Å². The van der Waals surface area contributed by atoms with Crippen molar-refractivity contribution >= 4 is 6.29 Å². The molecule has 17 heavy (non-hydrogen) atoms. The third kappa shape index (κ3) is 1.84. The summed E-state index contributed by atoms with van der Waals surface area (Å²) in [7, 11) is 0. The van der Waals surface area contributed by atoms with E-state index in [2.05, 4.69) is 23.2 Å². The number of fused-ring (bicyclic) bond motifs is 1. The zero-order valence-corrected chi connectivity index (χ0v) is 9.21. The van der Waals surface area contributed by atoms with Gasteiger partial charge in [-0.15, -0.1) is 5.10 Å². The van der Waals surface area contributed by atoms with Gasteiger partial charge < -0.3 is 0 Å². The van der Waals surface area contributed by atoms with Crippen molar-refractivity contribution in [2.24, 2.45) is 0 Å². The molecule has 5 heteroatoms. The van der Waals surface area contributed by atoms with Crippen LogP contribution in [0.3, 0.4) is 0 Å². The summed E-state index contributed by atoms with van der Waals surface area (Å²) < 4.78 is 15.2. The monoisotopic (exact) mass is 233 g/mol. The molecule has 2 unspecified atom stereocenters. The van der Waals surface area contributed by atoms with E-state index in [1.807, 2.05) is 0 Å². The van der Waals surface area contributed by atoms with E-state index in [0.717, 1.165) is 5.57 Å². The van der Waals surface area contributed by atoms with Crippen molar-refractivity contribution in [2.75, 3.05) is 0 Å². The number of alkyl halides is 1. The number of allylic oxidation sites excluding steroid dienone is 4. The van der Waals surface area contributed by atoms with Gasteiger partial charge in [0, 0.05) is 6.42 Å². The summed E-state index contributed by atoms with van der Waals surface area (Å²) in [4.78, 5) is 14.4. The molecular formula is C12H12FN3O. The van der Waals surface area contributed by atoms with E-state index in [-0.39, 0.29) is 24.1 Å². The van der Waals surface area contributed by atoms with Crippen molar-refractivity contribution in [3.05, 3.63) is 48.6 Å². The Hall–Kier alpha value is -2.04. The molecule has 0 radical (unpaired) electrons. The number of halogens is 1. The van der Waals surface area contributed by atoms with Crippen LogP contribution in [0.25, 0.3) is 0 Å². The summed E-state index contributed by atoms with van der Waals surface area (Å²) in [5.74, 6) is 0.211. The number of hydrogen-bond donors (Lipinski definition) is 0. The lowest BCUT2D eigenvalue weighted by Gasteiger charge is -2.11. The van der Waals surface area contributed by atoms with Crippen LogP contribution in [0, 0.1) is 0 Å². The number of aromatic nitrogens is 3. The molecule has 88 valence electrons. The van der Waals surface area contributed by atoms with Crippen LogP contribution in [0.5, 0.6) is 0 Å². The summed E-state index contributed by atoms with van der Waals surface area (Å²) >= 11 is 0. The van der Waals surface area contributed by atoms with E-state index < -0.39 is 6.17 Å². The van der Waals surface area contributed by atoms with Crippen molar-refractivity contribution in [3.8, 4) is 0 Å². The number of carbonyl (C=O) groups is 1. The maximum absolute atomic E-state index is 13.7. The molecule has 2 atom stereocenters. The van der Waals surface area contributed by atoms with Crippen LogP contribution >= 0.6 is 0 Å². The largest absolute Gasteiger partial charge is 0.294 e. The van der Waals surface area contributed by atoms with Gasteiger partial charge in [-0.05, 0) is 5.57 Å². The minimum absolute atomic E-state index is 0.00867. The molecule has 0 aliphatic carbocycles. The predicted molar refractivity (Wildman–Crippen MR) is 61.4 cm³/mol. The molecule has 0 fully saturated rings. The molecule has 2 heterocycles. The van der Waals surface area contributed by atoms with E-state index in [9.17, 15) is 9.18 Å². The van der Waals surface area contributed by atoms with E-state index in [0.29, 0.717) is 6.29 Å². The Kier molecular flexibility index (Phi) is 2.99. The normalized spacial score (nSPS) is 23.2. The van der Waals surface area contributed by atoms with Gasteiger partial charge in [0.1, 0.15) is 0 Å². The van der Waals surface area contributed by atoms with E-state index in [1.54, 1.807) is 18.2 Å². The highest BCUT2D eigenvalue weighted by Gasteiger charge is 2.35. The SMILES string of the molecule is C=C/C=C(\C=C)C1CC(F)c2nc(C=O)nn21. The molecular weight excluding hydrogens is 221 g/mol. The van der Waals surface area contributed by atoms with Crippen LogP contribution in [0.1, 0.15) is 35.1 Å². The first-order valence-electron chi connectivity index (χ1n) is 5.22. The second kappa shape index (κ2) is 4.45. The smallest absolute Gasteiger partial charge is 0.214 e. The number of aldehydes is 1. The van der Waals surface area contributed by atoms with Crippen molar-refractivity contribution < 1.29 is 9.18 Å². The van der Waals surface area contributed by atoms with Crippen molar-refractivity contribution in [2.45, 2.75) is 18.6 Å². The highest BCUT2D eigenvalue weighted by Crippen LogP contribution is 2.39. The van der Waals surface area contributed by atoms with Crippen LogP contribution in [0.4, 0.5) is 4.39 Å². The molecule has 0 saturated heterocycles. The van der Waals surface area contributed by atoms with Crippen LogP contribution in [-0.2, 0) is 0 Å². The van der Waals surface area contributed by atoms with Crippen LogP contribution in [0.15, 0.2) is 37.0 Å². The van der Waals surface area contributed by atoms with Gasteiger partial charge in [0.15, 0.2) is 18.3 Å². The van der Waals surface area contributed by atoms with E-state index in [4.69, 9.17) is 0 Å². The lowest BCUT2D eigenvalue weighted by Crippen LogP contribution is -2.08. The fourth-order valence-corrected chi connectivity index (χ4v) is 1.98. The summed E-state index contributed by atoms with van der Waals surface area (Å²) in [6.45, 7) is 7.28. The quantitative estimate of drug-likeness (QED) is 0.592. The standard InChI is InChI=1S/C12H12FN3O/c1-3-5-8(4-2)10-6-9(13)12-14-11(7-17)15-16(10)12/h3-5,7,9-10H,1-2,6H2/b8-5+. The van der Waals surface area contributed by atoms with E-state index in [1.165, 1.54) is 4.68 Å². The Morgan fingerprint density at radius 1 is 1.53 bits per heavy atom. The van der Waals surface area contributed by atoms with Gasteiger partial charge in [-0.2, -0.15) is 0 Å². The lowest BCUT2D eigenvalue weighted by atomic mass is 10.0. The summed E-state index contributed by atoms with van der Waals surface area (Å²) in [6, 6.07) is -0.267. The molecule has 0 aromatic carbocycles. The second-order valence-electron chi connectivity index (χ2n) is 3.72. The molecule has 4 nitrogen and oxygen atoms in total. The molecule has 0 N–H and O–H groups in total. The first-order valence-corrected chi connectivity index (χ1v) is 5.22. The Morgan fingerprint density at radius 3 is 2.88 bits per heavy atom. The Labute approximate surface area is 98.2 Å². The molecule has 1 aliphatic heterocycles. The molecule has 0 amide bonds. The topological polar surface area (TPSA) is 47.8 Å². The average molecular weight is 233 g/mol. The Balaban J connectivity index is 2.44. The van der Waals surface area contributed by atoms with Crippen LogP contribution in [-0.4, -0.2) is 21.1 Å². The molecule has 1 aromatic heterocycles. The number of carbonyl (C=O) groups excluding carboxylic acids is 1. The van der Waals surface area contributed by atoms with Crippen molar-refractivity contribution in [3.63, 3.8) is 0 Å². The van der Waals surface area contributed by atoms with Crippen molar-refractivity contribution in [1.82, 2.24) is 14.8 Å². The zero-order chi connectivity index (χ0) is 12.4. The predicted octanol–water partition coefficient (Wildman–Crippen LogP) is 2.34. The Bertz CT molecular complexity index is 504. The van der Waals surface area contributed by atoms with Gasteiger partial charge in [0.2, 0.25) is 5.82 Å². The zero-order valence-electron chi connectivity index (χ0n) is 9.21. The van der Waals surface area contributed by atoms with Crippen LogP contribution in [0.2, 0.25) is 0 Å². The highest BCUT2D eigenvalue weighted by molar-refractivity contribution is 5.68. The van der Waals surface area contributed by atoms with Gasteiger partial charge in [-0.25, -0.2) is 14.1 Å². The summed E-state index contributed by atoms with van der Waals surface area (Å²) in [5.41, 5.74) is 0.809. The van der Waals surface area contributed by atoms with E-state index >= 15 is 0 Å². The fourth-order valence-electron chi connectivity index (χ4n) is 1.98. The third-order valence-corrected chi connectivity index (χ3v) is 2.72. The van der Waals surface area contributed by atoms with Gasteiger partial charge in [-0.3, -0.25) is 4.79 Å². The fraction of sp³-hybridized carbons (Fsp3) is 0.250. The lowest BCUT2D eigenvalue weighted by molar-refractivity contribution is 0.111. The highest BCUT2D eigenvalue weighted by atomic mass is 19.1. The van der Waals surface area contributed by atoms with Gasteiger partial charge in [0.25, 0.3) is 0 Å². The average Bonchev–Trinajstić information content (AvgIpc) is 2.87. The number of hydrogen-bond acceptors (Lipinski definition) is 3. The first kappa shape index (κ1) is 11.4. The van der Waals surface area contributed by atoms with Crippen LogP contribution < -0.4 is 0 Å². The molecule has 1 aromatic rings. The molecule has 0 saturated carbocycles. The number of nitrogens with zero attached hydrogens (tertiary/aromatic N) is 3. The molecule has 0 bridgehead atoms. The maximum atomic E-state index is 13.7. The summed E-state index contributed by atoms with van der Waals surface area (Å²) in [6.07, 6.45) is 4.58. The first-order chi connectivity index (χ1) is 8.21. The minimum Gasteiger partial charge on any atom is -0.294 e. The summed E-state index contributed by atoms with van der Waals surface area (Å²) in [5, 5.41) is 3.97. The molecule has 0 spiro atoms. The van der Waals surface area contributed by atoms with Gasteiger partial charge in [-0.1, -0.05) is 31.4 Å². The Morgan fingerprint density at radius 2 is 2.29 bits per heavy atom. The molecule has 2 rings (SSSR count). The maximum Gasteiger partial charge on any atom is 0.214 e.